The van der Waals surface area contributed by atoms with Crippen LogP contribution in [0.1, 0.15) is 0 Å². The van der Waals surface area contributed by atoms with Gasteiger partial charge in [-0.1, -0.05) is 12.1 Å². The van der Waals surface area contributed by atoms with Crippen LogP contribution < -0.4 is 10.2 Å². The number of rotatable bonds is 2. The summed E-state index contributed by atoms with van der Waals surface area (Å²) in [4.78, 5) is 19.7. The average molecular weight is 201 g/mol. The Bertz CT molecular complexity index is 345. The Balaban J connectivity index is 3.29. The van der Waals surface area contributed by atoms with Gasteiger partial charge in [-0.2, -0.15) is 0 Å². The van der Waals surface area contributed by atoms with E-state index in [4.69, 9.17) is 9.79 Å². The van der Waals surface area contributed by atoms with Gasteiger partial charge in [0.15, 0.2) is 0 Å². The minimum atomic E-state index is -4.15. The minimum Gasteiger partial charge on any atom is -0.377 e. The van der Waals surface area contributed by atoms with Crippen molar-refractivity contribution in [2.45, 2.75) is 0 Å². The standard InChI is InChI=1S/C8H12NO3P/c1-9(2)7-5-3-4-6-8(7)13(10,11)12/h3-6H,1-2H3,(H2,10,11,12). The summed E-state index contributed by atoms with van der Waals surface area (Å²) in [6, 6.07) is 6.47. The molecule has 0 fully saturated rings. The summed E-state index contributed by atoms with van der Waals surface area (Å²) in [5.74, 6) is 0. The zero-order valence-corrected chi connectivity index (χ0v) is 8.40. The second-order valence-electron chi connectivity index (χ2n) is 2.93. The summed E-state index contributed by atoms with van der Waals surface area (Å²) in [5, 5.41) is 0.0694. The van der Waals surface area contributed by atoms with Crippen molar-refractivity contribution >= 4 is 18.6 Å². The van der Waals surface area contributed by atoms with Gasteiger partial charge in [0.1, 0.15) is 0 Å². The minimum absolute atomic E-state index is 0.0694. The molecule has 0 heterocycles. The molecule has 1 aromatic rings. The molecule has 4 nitrogen and oxygen atoms in total. The van der Waals surface area contributed by atoms with E-state index in [1.54, 1.807) is 37.2 Å². The first-order valence-corrected chi connectivity index (χ1v) is 5.36. The topological polar surface area (TPSA) is 60.8 Å². The van der Waals surface area contributed by atoms with Gasteiger partial charge in [-0.3, -0.25) is 4.57 Å². The van der Waals surface area contributed by atoms with E-state index in [0.29, 0.717) is 5.69 Å². The van der Waals surface area contributed by atoms with E-state index >= 15 is 0 Å². The van der Waals surface area contributed by atoms with Gasteiger partial charge in [-0.15, -0.1) is 0 Å². The highest BCUT2D eigenvalue weighted by molar-refractivity contribution is 7.60. The van der Waals surface area contributed by atoms with Crippen molar-refractivity contribution in [3.63, 3.8) is 0 Å². The Morgan fingerprint density at radius 1 is 1.23 bits per heavy atom. The lowest BCUT2D eigenvalue weighted by atomic mass is 10.3. The lowest BCUT2D eigenvalue weighted by Gasteiger charge is -2.17. The van der Waals surface area contributed by atoms with Crippen molar-refractivity contribution in [1.29, 1.82) is 0 Å². The first kappa shape index (κ1) is 10.3. The first-order chi connectivity index (χ1) is 5.93. The Morgan fingerprint density at radius 2 is 1.77 bits per heavy atom. The Hall–Kier alpha value is -0.830. The molecular formula is C8H12NO3P. The van der Waals surface area contributed by atoms with Crippen LogP contribution in [0.15, 0.2) is 24.3 Å². The molecule has 0 radical (unpaired) electrons. The zero-order valence-electron chi connectivity index (χ0n) is 7.51. The molecule has 13 heavy (non-hydrogen) atoms. The third-order valence-corrected chi connectivity index (χ3v) is 2.68. The molecule has 0 aromatic heterocycles. The van der Waals surface area contributed by atoms with Crippen LogP contribution in [0.2, 0.25) is 0 Å². The van der Waals surface area contributed by atoms with Gasteiger partial charge in [-0.25, -0.2) is 0 Å². The Labute approximate surface area is 77.0 Å². The van der Waals surface area contributed by atoms with Crippen LogP contribution in [0.4, 0.5) is 5.69 Å². The molecule has 0 aliphatic rings. The molecule has 0 spiro atoms. The van der Waals surface area contributed by atoms with E-state index in [1.165, 1.54) is 6.07 Å². The molecule has 0 bridgehead atoms. The van der Waals surface area contributed by atoms with Gasteiger partial charge >= 0.3 is 7.60 Å². The average Bonchev–Trinajstić information content (AvgIpc) is 2.03. The van der Waals surface area contributed by atoms with Gasteiger partial charge in [0, 0.05) is 14.1 Å². The van der Waals surface area contributed by atoms with Crippen molar-refractivity contribution in [1.82, 2.24) is 0 Å². The highest BCUT2D eigenvalue weighted by atomic mass is 31.2. The molecule has 0 atom stereocenters. The summed E-state index contributed by atoms with van der Waals surface area (Å²) in [6.45, 7) is 0. The van der Waals surface area contributed by atoms with Gasteiger partial charge in [-0.05, 0) is 12.1 Å². The summed E-state index contributed by atoms with van der Waals surface area (Å²) < 4.78 is 11.0. The molecule has 2 N–H and O–H groups in total. The van der Waals surface area contributed by atoms with E-state index in [-0.39, 0.29) is 5.30 Å². The summed E-state index contributed by atoms with van der Waals surface area (Å²) in [7, 11) is -0.662. The predicted molar refractivity (Wildman–Crippen MR) is 52.4 cm³/mol. The SMILES string of the molecule is CN(C)c1ccccc1P(=O)(O)O. The highest BCUT2D eigenvalue weighted by Crippen LogP contribution is 2.36. The number of nitrogens with zero attached hydrogens (tertiary/aromatic N) is 1. The molecule has 1 aromatic carbocycles. The second kappa shape index (κ2) is 3.50. The number of para-hydroxylation sites is 1. The quantitative estimate of drug-likeness (QED) is 0.686. The van der Waals surface area contributed by atoms with Crippen molar-refractivity contribution < 1.29 is 14.4 Å². The van der Waals surface area contributed by atoms with E-state index in [0.717, 1.165) is 0 Å². The van der Waals surface area contributed by atoms with Gasteiger partial charge in [0.25, 0.3) is 0 Å². The number of hydrogen-bond donors (Lipinski definition) is 2. The van der Waals surface area contributed by atoms with Crippen molar-refractivity contribution in [3.05, 3.63) is 24.3 Å². The molecule has 0 saturated carbocycles. The molecule has 0 saturated heterocycles. The third-order valence-electron chi connectivity index (χ3n) is 1.68. The molecule has 0 unspecified atom stereocenters. The van der Waals surface area contributed by atoms with Crippen LogP contribution in [-0.4, -0.2) is 23.9 Å². The monoisotopic (exact) mass is 201 g/mol. The summed E-state index contributed by atoms with van der Waals surface area (Å²) in [6.07, 6.45) is 0. The first-order valence-electron chi connectivity index (χ1n) is 3.75. The van der Waals surface area contributed by atoms with Gasteiger partial charge < -0.3 is 14.7 Å². The highest BCUT2D eigenvalue weighted by Gasteiger charge is 2.21. The van der Waals surface area contributed by atoms with E-state index in [9.17, 15) is 4.57 Å². The maximum atomic E-state index is 11.0. The summed E-state index contributed by atoms with van der Waals surface area (Å²) >= 11 is 0. The van der Waals surface area contributed by atoms with Crippen LogP contribution in [0.3, 0.4) is 0 Å². The number of anilines is 1. The molecule has 5 heteroatoms. The van der Waals surface area contributed by atoms with E-state index < -0.39 is 7.60 Å². The number of benzene rings is 1. The molecule has 72 valence electrons. The third kappa shape index (κ3) is 2.31. The fraction of sp³-hybridized carbons (Fsp3) is 0.250. The molecule has 0 aliphatic carbocycles. The van der Waals surface area contributed by atoms with Crippen LogP contribution in [0.25, 0.3) is 0 Å². The maximum absolute atomic E-state index is 11.0. The fourth-order valence-corrected chi connectivity index (χ4v) is 1.94. The van der Waals surface area contributed by atoms with Gasteiger partial charge in [0.05, 0.1) is 11.0 Å². The molecule has 1 rings (SSSR count). The van der Waals surface area contributed by atoms with Crippen LogP contribution in [0.5, 0.6) is 0 Å². The van der Waals surface area contributed by atoms with Crippen molar-refractivity contribution in [2.75, 3.05) is 19.0 Å². The lowest BCUT2D eigenvalue weighted by molar-refractivity contribution is 0.387. The zero-order chi connectivity index (χ0) is 10.1. The Kier molecular flexibility index (Phi) is 2.76. The molecule has 0 aliphatic heterocycles. The maximum Gasteiger partial charge on any atom is 0.358 e. The largest absolute Gasteiger partial charge is 0.377 e. The predicted octanol–water partition coefficient (Wildman–Crippen LogP) is 0.556. The molecule has 0 amide bonds. The Morgan fingerprint density at radius 3 is 2.15 bits per heavy atom. The fourth-order valence-electron chi connectivity index (χ4n) is 1.09. The van der Waals surface area contributed by atoms with Crippen molar-refractivity contribution in [3.8, 4) is 0 Å². The van der Waals surface area contributed by atoms with Crippen LogP contribution >= 0.6 is 7.60 Å². The smallest absolute Gasteiger partial charge is 0.358 e. The second-order valence-corrected chi connectivity index (χ2v) is 4.50. The van der Waals surface area contributed by atoms with Crippen molar-refractivity contribution in [2.24, 2.45) is 0 Å². The van der Waals surface area contributed by atoms with E-state index in [2.05, 4.69) is 0 Å². The lowest BCUT2D eigenvalue weighted by Crippen LogP contribution is -2.18. The van der Waals surface area contributed by atoms with Crippen LogP contribution in [-0.2, 0) is 4.57 Å². The normalized spacial score (nSPS) is 11.4. The van der Waals surface area contributed by atoms with Gasteiger partial charge in [0.2, 0.25) is 0 Å². The van der Waals surface area contributed by atoms with Crippen LogP contribution in [0, 0.1) is 0 Å². The van der Waals surface area contributed by atoms with E-state index in [1.807, 2.05) is 0 Å². The summed E-state index contributed by atoms with van der Waals surface area (Å²) in [5.41, 5.74) is 0.552. The molecular weight excluding hydrogens is 189 g/mol. The number of hydrogen-bond acceptors (Lipinski definition) is 2.